The van der Waals surface area contributed by atoms with E-state index in [0.717, 1.165) is 17.9 Å². The van der Waals surface area contributed by atoms with Gasteiger partial charge >= 0.3 is 0 Å². The number of hydrogen-bond donors (Lipinski definition) is 1. The highest BCUT2D eigenvalue weighted by Crippen LogP contribution is 2.30. The second kappa shape index (κ2) is 2.91. The summed E-state index contributed by atoms with van der Waals surface area (Å²) in [7, 11) is 1.99. The van der Waals surface area contributed by atoms with E-state index in [0.29, 0.717) is 6.04 Å². The molecule has 1 unspecified atom stereocenters. The van der Waals surface area contributed by atoms with Crippen molar-refractivity contribution in [1.82, 2.24) is 0 Å². The maximum absolute atomic E-state index is 12.9. The van der Waals surface area contributed by atoms with Gasteiger partial charge in [0.25, 0.3) is 0 Å². The molecule has 1 N–H and O–H groups in total. The average Bonchev–Trinajstić information content (AvgIpc) is 2.12. The van der Waals surface area contributed by atoms with Crippen LogP contribution < -0.4 is 10.2 Å². The molecule has 3 heteroatoms. The lowest BCUT2D eigenvalue weighted by atomic mass is 10.1. The Morgan fingerprint density at radius 2 is 2.31 bits per heavy atom. The maximum Gasteiger partial charge on any atom is 0.125 e. The van der Waals surface area contributed by atoms with Crippen molar-refractivity contribution in [3.05, 3.63) is 24.0 Å². The second-order valence-corrected chi connectivity index (χ2v) is 3.50. The molecule has 1 atom stereocenters. The van der Waals surface area contributed by atoms with Crippen LogP contribution in [-0.4, -0.2) is 19.6 Å². The molecule has 1 aromatic carbocycles. The number of nitrogens with zero attached hydrogens (tertiary/aromatic N) is 1. The van der Waals surface area contributed by atoms with Gasteiger partial charge in [-0.1, -0.05) is 0 Å². The van der Waals surface area contributed by atoms with E-state index < -0.39 is 0 Å². The van der Waals surface area contributed by atoms with Crippen LogP contribution in [0.4, 0.5) is 15.8 Å². The molecule has 0 radical (unpaired) electrons. The molecule has 1 aliphatic rings. The molecule has 1 aromatic rings. The molecule has 2 rings (SSSR count). The van der Waals surface area contributed by atoms with Crippen molar-refractivity contribution in [3.8, 4) is 0 Å². The van der Waals surface area contributed by atoms with Crippen LogP contribution in [0.15, 0.2) is 18.2 Å². The minimum Gasteiger partial charge on any atom is -0.381 e. The first kappa shape index (κ1) is 8.35. The summed E-state index contributed by atoms with van der Waals surface area (Å²) >= 11 is 0. The van der Waals surface area contributed by atoms with E-state index in [-0.39, 0.29) is 5.82 Å². The topological polar surface area (TPSA) is 15.3 Å². The number of hydrogen-bond acceptors (Lipinski definition) is 2. The molecule has 1 heterocycles. The van der Waals surface area contributed by atoms with E-state index >= 15 is 0 Å². The molecule has 70 valence electrons. The molecule has 13 heavy (non-hydrogen) atoms. The summed E-state index contributed by atoms with van der Waals surface area (Å²) in [5.41, 5.74) is 1.96. The smallest absolute Gasteiger partial charge is 0.125 e. The number of likely N-dealkylation sites (N-methyl/N-ethyl adjacent to an activating group) is 1. The first-order valence-corrected chi connectivity index (χ1v) is 4.45. The molecular weight excluding hydrogens is 167 g/mol. The van der Waals surface area contributed by atoms with Crippen LogP contribution >= 0.6 is 0 Å². The SMILES string of the molecule is CC1CNc2ccc(F)cc2N1C. The zero-order chi connectivity index (χ0) is 9.42. The highest BCUT2D eigenvalue weighted by atomic mass is 19.1. The van der Waals surface area contributed by atoms with Gasteiger partial charge in [0.05, 0.1) is 11.4 Å². The van der Waals surface area contributed by atoms with Gasteiger partial charge in [-0.05, 0) is 25.1 Å². The number of rotatable bonds is 0. The highest BCUT2D eigenvalue weighted by molar-refractivity contribution is 5.72. The number of benzene rings is 1. The molecule has 0 aliphatic carbocycles. The Morgan fingerprint density at radius 1 is 1.54 bits per heavy atom. The normalized spacial score (nSPS) is 20.8. The van der Waals surface area contributed by atoms with Crippen LogP contribution in [0.2, 0.25) is 0 Å². The monoisotopic (exact) mass is 180 g/mol. The van der Waals surface area contributed by atoms with Crippen LogP contribution in [0.1, 0.15) is 6.92 Å². The van der Waals surface area contributed by atoms with Gasteiger partial charge in [0.15, 0.2) is 0 Å². The van der Waals surface area contributed by atoms with Crippen LogP contribution in [0, 0.1) is 5.82 Å². The molecule has 2 nitrogen and oxygen atoms in total. The van der Waals surface area contributed by atoms with Gasteiger partial charge in [0.1, 0.15) is 5.82 Å². The van der Waals surface area contributed by atoms with Crippen LogP contribution in [-0.2, 0) is 0 Å². The fraction of sp³-hybridized carbons (Fsp3) is 0.400. The second-order valence-electron chi connectivity index (χ2n) is 3.50. The molecule has 0 spiro atoms. The lowest BCUT2D eigenvalue weighted by Gasteiger charge is -2.34. The van der Waals surface area contributed by atoms with Crippen LogP contribution in [0.5, 0.6) is 0 Å². The summed E-state index contributed by atoms with van der Waals surface area (Å²) in [4.78, 5) is 2.09. The molecule has 0 aromatic heterocycles. The third kappa shape index (κ3) is 1.34. The third-order valence-electron chi connectivity index (χ3n) is 2.59. The third-order valence-corrected chi connectivity index (χ3v) is 2.59. The number of halogens is 1. The first-order chi connectivity index (χ1) is 6.18. The summed E-state index contributed by atoms with van der Waals surface area (Å²) in [5, 5.41) is 3.26. The summed E-state index contributed by atoms with van der Waals surface area (Å²) in [6.07, 6.45) is 0. The summed E-state index contributed by atoms with van der Waals surface area (Å²) < 4.78 is 12.9. The van der Waals surface area contributed by atoms with Crippen molar-refractivity contribution < 1.29 is 4.39 Å². The van der Waals surface area contributed by atoms with Gasteiger partial charge in [-0.3, -0.25) is 0 Å². The van der Waals surface area contributed by atoms with Crippen LogP contribution in [0.3, 0.4) is 0 Å². The Labute approximate surface area is 77.4 Å². The Bertz CT molecular complexity index is 325. The molecule has 0 bridgehead atoms. The van der Waals surface area contributed by atoms with Gasteiger partial charge < -0.3 is 10.2 Å². The highest BCUT2D eigenvalue weighted by Gasteiger charge is 2.19. The Kier molecular flexibility index (Phi) is 1.87. The molecule has 1 aliphatic heterocycles. The molecule has 0 saturated heterocycles. The molecule has 0 saturated carbocycles. The minimum absolute atomic E-state index is 0.179. The summed E-state index contributed by atoms with van der Waals surface area (Å²) in [6.45, 7) is 3.02. The van der Waals surface area contributed by atoms with Crippen molar-refractivity contribution in [2.75, 3.05) is 23.8 Å². The van der Waals surface area contributed by atoms with Crippen molar-refractivity contribution >= 4 is 11.4 Å². The largest absolute Gasteiger partial charge is 0.381 e. The predicted octanol–water partition coefficient (Wildman–Crippen LogP) is 2.08. The van der Waals surface area contributed by atoms with Crippen molar-refractivity contribution in [1.29, 1.82) is 0 Å². The van der Waals surface area contributed by atoms with Gasteiger partial charge in [0, 0.05) is 19.6 Å². The fourth-order valence-electron chi connectivity index (χ4n) is 1.58. The minimum atomic E-state index is -0.179. The van der Waals surface area contributed by atoms with Gasteiger partial charge in [-0.25, -0.2) is 4.39 Å². The fourth-order valence-corrected chi connectivity index (χ4v) is 1.58. The maximum atomic E-state index is 12.9. The first-order valence-electron chi connectivity index (χ1n) is 4.45. The van der Waals surface area contributed by atoms with Gasteiger partial charge in [0.2, 0.25) is 0 Å². The van der Waals surface area contributed by atoms with Crippen molar-refractivity contribution in [2.24, 2.45) is 0 Å². The van der Waals surface area contributed by atoms with Gasteiger partial charge in [-0.15, -0.1) is 0 Å². The lowest BCUT2D eigenvalue weighted by Crippen LogP contribution is -2.39. The molecular formula is C10H13FN2. The zero-order valence-electron chi connectivity index (χ0n) is 7.84. The lowest BCUT2D eigenvalue weighted by molar-refractivity contribution is 0.623. The molecule has 0 fully saturated rings. The van der Waals surface area contributed by atoms with E-state index in [4.69, 9.17) is 0 Å². The summed E-state index contributed by atoms with van der Waals surface area (Å²) in [5.74, 6) is -0.179. The van der Waals surface area contributed by atoms with E-state index in [1.54, 1.807) is 12.1 Å². The van der Waals surface area contributed by atoms with E-state index in [1.165, 1.54) is 6.07 Å². The Hall–Kier alpha value is -1.25. The Morgan fingerprint density at radius 3 is 3.08 bits per heavy atom. The number of anilines is 2. The molecule has 0 amide bonds. The van der Waals surface area contributed by atoms with E-state index in [2.05, 4.69) is 17.1 Å². The van der Waals surface area contributed by atoms with Gasteiger partial charge in [-0.2, -0.15) is 0 Å². The standard InChI is InChI=1S/C10H13FN2/c1-7-6-12-9-4-3-8(11)5-10(9)13(7)2/h3-5,7,12H,6H2,1-2H3. The summed E-state index contributed by atoms with van der Waals surface area (Å²) in [6, 6.07) is 5.25. The zero-order valence-corrected chi connectivity index (χ0v) is 7.84. The number of fused-ring (bicyclic) bond motifs is 1. The van der Waals surface area contributed by atoms with Crippen molar-refractivity contribution in [2.45, 2.75) is 13.0 Å². The quantitative estimate of drug-likeness (QED) is 0.657. The van der Waals surface area contributed by atoms with E-state index in [1.807, 2.05) is 7.05 Å². The van der Waals surface area contributed by atoms with Crippen LogP contribution in [0.25, 0.3) is 0 Å². The predicted molar refractivity (Wildman–Crippen MR) is 52.8 cm³/mol. The average molecular weight is 180 g/mol. The van der Waals surface area contributed by atoms with E-state index in [9.17, 15) is 4.39 Å². The number of nitrogens with one attached hydrogen (secondary N) is 1. The Balaban J connectivity index is 2.45. The van der Waals surface area contributed by atoms with Crippen molar-refractivity contribution in [3.63, 3.8) is 0 Å².